The molecule has 46 heavy (non-hydrogen) atoms. The summed E-state index contributed by atoms with van der Waals surface area (Å²) in [6, 6.07) is 3.56. The van der Waals surface area contributed by atoms with Crippen molar-refractivity contribution in [2.45, 2.75) is 51.7 Å². The van der Waals surface area contributed by atoms with Gasteiger partial charge in [-0.25, -0.2) is 0 Å². The first-order valence-electron chi connectivity index (χ1n) is 15.8. The summed E-state index contributed by atoms with van der Waals surface area (Å²) in [6.07, 6.45) is 7.31. The highest BCUT2D eigenvalue weighted by Gasteiger charge is 2.30. The Kier molecular flexibility index (Phi) is 8.85. The van der Waals surface area contributed by atoms with E-state index in [0.29, 0.717) is 62.4 Å². The van der Waals surface area contributed by atoms with E-state index in [4.69, 9.17) is 9.47 Å². The predicted octanol–water partition coefficient (Wildman–Crippen LogP) is 1.86. The topological polar surface area (TPSA) is 131 Å². The molecule has 0 saturated carbocycles. The smallest absolute Gasteiger partial charge is 0.255 e. The predicted molar refractivity (Wildman–Crippen MR) is 171 cm³/mol. The van der Waals surface area contributed by atoms with E-state index in [1.54, 1.807) is 41.6 Å². The molecule has 3 aromatic rings. The van der Waals surface area contributed by atoms with Crippen LogP contribution in [0.15, 0.2) is 35.5 Å². The number of benzene rings is 1. The van der Waals surface area contributed by atoms with Gasteiger partial charge in [-0.1, -0.05) is 6.92 Å². The van der Waals surface area contributed by atoms with Crippen molar-refractivity contribution in [2.75, 3.05) is 51.8 Å². The number of nitrogens with one attached hydrogen (secondary N) is 1. The third-order valence-electron chi connectivity index (χ3n) is 9.38. The summed E-state index contributed by atoms with van der Waals surface area (Å²) >= 11 is 0. The summed E-state index contributed by atoms with van der Waals surface area (Å²) in [4.78, 5) is 55.7. The molecule has 3 amide bonds. The second-order valence-corrected chi connectivity index (χ2v) is 12.1. The van der Waals surface area contributed by atoms with Gasteiger partial charge in [0.25, 0.3) is 11.5 Å². The first-order chi connectivity index (χ1) is 22.2. The summed E-state index contributed by atoms with van der Waals surface area (Å²) in [5.41, 5.74) is 5.30. The first kappa shape index (κ1) is 31.3. The maximum atomic E-state index is 13.1. The Hall–Kier alpha value is -4.65. The number of amides is 3. The number of aryl methyl sites for hydroxylation is 1. The Bertz CT molecular complexity index is 1700. The van der Waals surface area contributed by atoms with E-state index in [1.807, 2.05) is 31.5 Å². The number of piperazine rings is 1. The van der Waals surface area contributed by atoms with Crippen molar-refractivity contribution in [1.82, 2.24) is 29.5 Å². The lowest BCUT2D eigenvalue weighted by Crippen LogP contribution is -2.46. The summed E-state index contributed by atoms with van der Waals surface area (Å²) in [5, 5.41) is 6.82. The van der Waals surface area contributed by atoms with Crippen molar-refractivity contribution in [1.29, 1.82) is 0 Å². The molecular formula is C33H41N7O6. The number of ether oxygens (including phenoxy) is 2. The number of imide groups is 1. The zero-order valence-corrected chi connectivity index (χ0v) is 26.9. The van der Waals surface area contributed by atoms with Crippen LogP contribution in [-0.4, -0.2) is 88.8 Å². The third kappa shape index (κ3) is 5.98. The molecule has 13 heteroatoms. The minimum absolute atomic E-state index is 0.0499. The van der Waals surface area contributed by atoms with Crippen molar-refractivity contribution >= 4 is 23.4 Å². The number of anilines is 1. The van der Waals surface area contributed by atoms with Crippen LogP contribution < -0.4 is 25.2 Å². The van der Waals surface area contributed by atoms with E-state index < -0.39 is 6.04 Å². The van der Waals surface area contributed by atoms with E-state index in [1.165, 1.54) is 0 Å². The minimum atomic E-state index is -0.471. The maximum Gasteiger partial charge on any atom is 0.255 e. The van der Waals surface area contributed by atoms with Crippen LogP contribution in [0.3, 0.4) is 0 Å². The lowest BCUT2D eigenvalue weighted by atomic mass is 9.91. The van der Waals surface area contributed by atoms with Gasteiger partial charge in [-0.3, -0.25) is 34.1 Å². The molecule has 1 N–H and O–H groups in total. The fourth-order valence-corrected chi connectivity index (χ4v) is 6.76. The fourth-order valence-electron chi connectivity index (χ4n) is 6.76. The van der Waals surface area contributed by atoms with Crippen LogP contribution in [0.2, 0.25) is 0 Å². The van der Waals surface area contributed by atoms with Crippen molar-refractivity contribution in [3.63, 3.8) is 0 Å². The molecule has 1 unspecified atom stereocenters. The van der Waals surface area contributed by atoms with Gasteiger partial charge in [0, 0.05) is 82.7 Å². The third-order valence-corrected chi connectivity index (χ3v) is 9.38. The molecule has 1 aromatic carbocycles. The van der Waals surface area contributed by atoms with Crippen molar-refractivity contribution in [3.8, 4) is 22.6 Å². The van der Waals surface area contributed by atoms with Crippen LogP contribution in [-0.2, 0) is 40.9 Å². The molecule has 2 saturated heterocycles. The molecule has 6 rings (SSSR count). The SMILES string of the molecule is CCC(=O)N1CCc2c(-c3cc(OC)c(CN4CCN(c5cnn(C6CCC(=O)NC6=O)c5)CC4)c(OC)c3)cn(C)c(=O)c2C1. The first-order valence-corrected chi connectivity index (χ1v) is 15.8. The number of fused-ring (bicyclic) bond motifs is 1. The van der Waals surface area contributed by atoms with Crippen LogP contribution in [0.5, 0.6) is 11.5 Å². The Labute approximate surface area is 267 Å². The lowest BCUT2D eigenvalue weighted by molar-refractivity contribution is -0.136. The minimum Gasteiger partial charge on any atom is -0.496 e. The van der Waals surface area contributed by atoms with E-state index in [0.717, 1.165) is 54.1 Å². The van der Waals surface area contributed by atoms with Crippen molar-refractivity contribution in [3.05, 3.63) is 57.8 Å². The zero-order valence-electron chi connectivity index (χ0n) is 26.9. The average molecular weight is 632 g/mol. The molecule has 0 bridgehead atoms. The monoisotopic (exact) mass is 631 g/mol. The summed E-state index contributed by atoms with van der Waals surface area (Å²) < 4.78 is 15.1. The molecule has 3 aliphatic heterocycles. The molecule has 0 spiro atoms. The van der Waals surface area contributed by atoms with Crippen LogP contribution >= 0.6 is 0 Å². The van der Waals surface area contributed by atoms with Gasteiger partial charge >= 0.3 is 0 Å². The number of carbonyl (C=O) groups is 3. The van der Waals surface area contributed by atoms with Crippen molar-refractivity contribution < 1.29 is 23.9 Å². The zero-order chi connectivity index (χ0) is 32.5. The lowest BCUT2D eigenvalue weighted by Gasteiger charge is -2.35. The number of aromatic nitrogens is 3. The highest BCUT2D eigenvalue weighted by molar-refractivity contribution is 5.99. The Morgan fingerprint density at radius 2 is 1.70 bits per heavy atom. The standard InChI is InChI=1S/C33H41N7O6/c1-5-31(42)39-9-8-23-24(18-36(2)33(44)25(23)20-39)21-14-28(45-3)26(29(15-21)46-4)19-37-10-12-38(13-11-37)22-16-34-40(17-22)27-6-7-30(41)35-32(27)43/h14-18,27H,5-13,19-20H2,1-4H3,(H,35,41,43). The molecule has 5 heterocycles. The van der Waals surface area contributed by atoms with Crippen LogP contribution in [0.1, 0.15) is 48.9 Å². The van der Waals surface area contributed by atoms with E-state index >= 15 is 0 Å². The van der Waals surface area contributed by atoms with Gasteiger partial charge in [0.1, 0.15) is 17.5 Å². The van der Waals surface area contributed by atoms with Crippen LogP contribution in [0.25, 0.3) is 11.1 Å². The summed E-state index contributed by atoms with van der Waals surface area (Å²) in [7, 11) is 5.06. The molecule has 2 aromatic heterocycles. The van der Waals surface area contributed by atoms with E-state index in [2.05, 4.69) is 20.2 Å². The Morgan fingerprint density at radius 1 is 0.978 bits per heavy atom. The number of nitrogens with zero attached hydrogens (tertiary/aromatic N) is 6. The highest BCUT2D eigenvalue weighted by Crippen LogP contribution is 2.38. The quantitative estimate of drug-likeness (QED) is 0.370. The van der Waals surface area contributed by atoms with Gasteiger partial charge in [-0.05, 0) is 36.1 Å². The van der Waals surface area contributed by atoms with Gasteiger partial charge < -0.3 is 23.8 Å². The number of rotatable bonds is 8. The molecule has 1 atom stereocenters. The molecule has 0 aliphatic carbocycles. The molecule has 2 fully saturated rings. The van der Waals surface area contributed by atoms with Crippen molar-refractivity contribution in [2.24, 2.45) is 7.05 Å². The second-order valence-electron chi connectivity index (χ2n) is 12.1. The van der Waals surface area contributed by atoms with E-state index in [9.17, 15) is 19.2 Å². The van der Waals surface area contributed by atoms with Gasteiger partial charge in [-0.15, -0.1) is 0 Å². The maximum absolute atomic E-state index is 13.1. The Morgan fingerprint density at radius 3 is 2.35 bits per heavy atom. The molecule has 3 aliphatic rings. The molecule has 13 nitrogen and oxygen atoms in total. The highest BCUT2D eigenvalue weighted by atomic mass is 16.5. The normalized spacial score (nSPS) is 18.7. The number of pyridine rings is 1. The second kappa shape index (κ2) is 13.0. The number of hydrogen-bond acceptors (Lipinski definition) is 9. The van der Waals surface area contributed by atoms with Crippen LogP contribution in [0.4, 0.5) is 5.69 Å². The molecule has 0 radical (unpaired) electrons. The van der Waals surface area contributed by atoms with Gasteiger partial charge in [0.15, 0.2) is 0 Å². The van der Waals surface area contributed by atoms with E-state index in [-0.39, 0.29) is 23.3 Å². The van der Waals surface area contributed by atoms with Gasteiger partial charge in [-0.2, -0.15) is 5.10 Å². The summed E-state index contributed by atoms with van der Waals surface area (Å²) in [5.74, 6) is 0.924. The number of hydrogen-bond donors (Lipinski definition) is 1. The molecule has 244 valence electrons. The van der Waals surface area contributed by atoms with Gasteiger partial charge in [0.2, 0.25) is 11.8 Å². The average Bonchev–Trinajstić information content (AvgIpc) is 3.56. The number of carbonyl (C=O) groups excluding carboxylic acids is 3. The number of methoxy groups -OCH3 is 2. The molecular weight excluding hydrogens is 590 g/mol. The number of piperidine rings is 1. The largest absolute Gasteiger partial charge is 0.496 e. The fraction of sp³-hybridized carbons (Fsp3) is 0.485. The summed E-state index contributed by atoms with van der Waals surface area (Å²) in [6.45, 7) is 6.55. The van der Waals surface area contributed by atoms with Crippen LogP contribution in [0, 0.1) is 0 Å². The van der Waals surface area contributed by atoms with Gasteiger partial charge in [0.05, 0.1) is 38.2 Å². The Balaban J connectivity index is 1.19.